The average Bonchev–Trinajstić information content (AvgIpc) is 3.27. The SMILES string of the molecule is C=CCc1cc2c(cc1OC1OC(COC3OC(C)C(O)C(O)C3O)C(O)C(O)C1O)OCO2. The summed E-state index contributed by atoms with van der Waals surface area (Å²) in [6.07, 6.45) is -11.8. The fraction of sp³-hybridized carbons (Fsp3) is 0.636. The van der Waals surface area contributed by atoms with Gasteiger partial charge in [0.1, 0.15) is 48.5 Å². The molecule has 0 aromatic heterocycles. The standard InChI is InChI=1S/C22H30O12/c1-3-4-10-5-12-13(31-8-30-12)6-11(10)33-22-20(28)18(26)16(24)14(34-22)7-29-21-19(27)17(25)15(23)9(2)32-21/h3,5-6,9,14-28H,1,4,7-8H2,2H3. The lowest BCUT2D eigenvalue weighted by Gasteiger charge is -2.42. The first kappa shape index (κ1) is 25.1. The van der Waals surface area contributed by atoms with Crippen LogP contribution in [0.25, 0.3) is 0 Å². The molecule has 0 spiro atoms. The maximum Gasteiger partial charge on any atom is 0.231 e. The third-order valence-corrected chi connectivity index (χ3v) is 6.06. The number of hydrogen-bond donors (Lipinski definition) is 6. The van der Waals surface area contributed by atoms with Crippen LogP contribution in [0.3, 0.4) is 0 Å². The van der Waals surface area contributed by atoms with E-state index in [-0.39, 0.29) is 13.4 Å². The Morgan fingerprint density at radius 1 is 0.882 bits per heavy atom. The molecule has 3 aliphatic heterocycles. The van der Waals surface area contributed by atoms with Crippen LogP contribution in [0.5, 0.6) is 17.2 Å². The third kappa shape index (κ3) is 4.87. The number of ether oxygens (including phenoxy) is 6. The van der Waals surface area contributed by atoms with Crippen molar-refractivity contribution in [2.75, 3.05) is 13.4 Å². The van der Waals surface area contributed by atoms with Crippen molar-refractivity contribution in [1.29, 1.82) is 0 Å². The second kappa shape index (κ2) is 10.3. The van der Waals surface area contributed by atoms with Gasteiger partial charge in [-0.1, -0.05) is 6.08 Å². The molecule has 12 nitrogen and oxygen atoms in total. The van der Waals surface area contributed by atoms with Crippen LogP contribution in [0.1, 0.15) is 12.5 Å². The molecule has 4 rings (SSSR count). The molecule has 34 heavy (non-hydrogen) atoms. The zero-order valence-electron chi connectivity index (χ0n) is 18.5. The van der Waals surface area contributed by atoms with E-state index in [1.54, 1.807) is 18.2 Å². The average molecular weight is 486 g/mol. The van der Waals surface area contributed by atoms with Crippen molar-refractivity contribution in [3.05, 3.63) is 30.4 Å². The molecule has 3 aliphatic rings. The third-order valence-electron chi connectivity index (χ3n) is 6.06. The fourth-order valence-corrected chi connectivity index (χ4v) is 4.01. The molecule has 0 amide bonds. The molecule has 2 fully saturated rings. The summed E-state index contributed by atoms with van der Waals surface area (Å²) in [7, 11) is 0. The highest BCUT2D eigenvalue weighted by atomic mass is 16.7. The summed E-state index contributed by atoms with van der Waals surface area (Å²) in [6.45, 7) is 4.88. The first-order valence-electron chi connectivity index (χ1n) is 10.9. The zero-order chi connectivity index (χ0) is 24.6. The van der Waals surface area contributed by atoms with Gasteiger partial charge in [0.25, 0.3) is 0 Å². The second-order valence-electron chi connectivity index (χ2n) is 8.45. The molecule has 12 heteroatoms. The monoisotopic (exact) mass is 486 g/mol. The molecule has 10 unspecified atom stereocenters. The summed E-state index contributed by atoms with van der Waals surface area (Å²) >= 11 is 0. The molecule has 190 valence electrons. The zero-order valence-corrected chi connectivity index (χ0v) is 18.5. The van der Waals surface area contributed by atoms with Crippen molar-refractivity contribution in [1.82, 2.24) is 0 Å². The van der Waals surface area contributed by atoms with Crippen LogP contribution < -0.4 is 14.2 Å². The molecule has 10 atom stereocenters. The van der Waals surface area contributed by atoms with E-state index < -0.39 is 61.4 Å². The topological polar surface area (TPSA) is 177 Å². The minimum absolute atomic E-state index is 0.0542. The van der Waals surface area contributed by atoms with Gasteiger partial charge in [-0.2, -0.15) is 0 Å². The predicted octanol–water partition coefficient (Wildman–Crippen LogP) is -1.83. The van der Waals surface area contributed by atoms with Gasteiger partial charge in [0.05, 0.1) is 12.7 Å². The largest absolute Gasteiger partial charge is 0.462 e. The number of rotatable bonds is 7. The van der Waals surface area contributed by atoms with E-state index in [2.05, 4.69) is 6.58 Å². The van der Waals surface area contributed by atoms with E-state index in [0.29, 0.717) is 29.2 Å². The van der Waals surface area contributed by atoms with E-state index >= 15 is 0 Å². The first-order valence-corrected chi connectivity index (χ1v) is 10.9. The lowest BCUT2D eigenvalue weighted by atomic mass is 9.98. The highest BCUT2D eigenvalue weighted by Crippen LogP contribution is 2.39. The van der Waals surface area contributed by atoms with Crippen molar-refractivity contribution in [2.45, 2.75) is 74.8 Å². The molecule has 6 N–H and O–H groups in total. The number of aliphatic hydroxyl groups excluding tert-OH is 6. The molecule has 0 bridgehead atoms. The summed E-state index contributed by atoms with van der Waals surface area (Å²) in [4.78, 5) is 0. The smallest absolute Gasteiger partial charge is 0.231 e. The summed E-state index contributed by atoms with van der Waals surface area (Å²) in [6, 6.07) is 3.28. The Hall–Kier alpha value is -2.00. The highest BCUT2D eigenvalue weighted by Gasteiger charge is 2.47. The van der Waals surface area contributed by atoms with Gasteiger partial charge in [-0.25, -0.2) is 0 Å². The lowest BCUT2D eigenvalue weighted by Crippen LogP contribution is -2.61. The van der Waals surface area contributed by atoms with E-state index in [9.17, 15) is 30.6 Å². The first-order chi connectivity index (χ1) is 16.2. The second-order valence-corrected chi connectivity index (χ2v) is 8.45. The van der Waals surface area contributed by atoms with Crippen LogP contribution in [0.2, 0.25) is 0 Å². The van der Waals surface area contributed by atoms with Gasteiger partial charge >= 0.3 is 0 Å². The number of benzene rings is 1. The molecule has 0 aliphatic carbocycles. The molecular weight excluding hydrogens is 456 g/mol. The van der Waals surface area contributed by atoms with Gasteiger partial charge in [-0.05, 0) is 19.4 Å². The lowest BCUT2D eigenvalue weighted by molar-refractivity contribution is -0.318. The summed E-state index contributed by atoms with van der Waals surface area (Å²) in [5.74, 6) is 1.27. The van der Waals surface area contributed by atoms with Gasteiger partial charge in [0.2, 0.25) is 13.1 Å². The van der Waals surface area contributed by atoms with Gasteiger partial charge in [0, 0.05) is 11.6 Å². The molecule has 0 radical (unpaired) electrons. The summed E-state index contributed by atoms with van der Waals surface area (Å²) < 4.78 is 33.1. The van der Waals surface area contributed by atoms with Crippen molar-refractivity contribution in [3.8, 4) is 17.2 Å². The van der Waals surface area contributed by atoms with Crippen molar-refractivity contribution in [2.24, 2.45) is 0 Å². The van der Waals surface area contributed by atoms with Gasteiger partial charge in [-0.3, -0.25) is 0 Å². The Morgan fingerprint density at radius 3 is 2.24 bits per heavy atom. The van der Waals surface area contributed by atoms with E-state index in [0.717, 1.165) is 0 Å². The van der Waals surface area contributed by atoms with Gasteiger partial charge in [0.15, 0.2) is 17.8 Å². The van der Waals surface area contributed by atoms with Crippen LogP contribution in [0, 0.1) is 0 Å². The molecule has 1 aromatic rings. The van der Waals surface area contributed by atoms with Crippen LogP contribution in [-0.4, -0.2) is 105 Å². The number of allylic oxidation sites excluding steroid dienone is 1. The Morgan fingerprint density at radius 2 is 1.53 bits per heavy atom. The maximum atomic E-state index is 10.5. The summed E-state index contributed by atoms with van der Waals surface area (Å²) in [5, 5.41) is 61.1. The molecular formula is C22H30O12. The van der Waals surface area contributed by atoms with Crippen LogP contribution in [0.4, 0.5) is 0 Å². The Kier molecular flexibility index (Phi) is 7.62. The Balaban J connectivity index is 1.46. The Bertz CT molecular complexity index is 865. The maximum absolute atomic E-state index is 10.5. The molecule has 2 saturated heterocycles. The van der Waals surface area contributed by atoms with Gasteiger partial charge in [-0.15, -0.1) is 6.58 Å². The molecule has 0 saturated carbocycles. The van der Waals surface area contributed by atoms with Crippen molar-refractivity contribution in [3.63, 3.8) is 0 Å². The van der Waals surface area contributed by atoms with E-state index in [4.69, 9.17) is 28.4 Å². The summed E-state index contributed by atoms with van der Waals surface area (Å²) in [5.41, 5.74) is 0.670. The van der Waals surface area contributed by atoms with Crippen molar-refractivity contribution < 1.29 is 59.1 Å². The normalized spacial score (nSPS) is 39.6. The van der Waals surface area contributed by atoms with Crippen LogP contribution >= 0.6 is 0 Å². The predicted molar refractivity (Wildman–Crippen MR) is 112 cm³/mol. The van der Waals surface area contributed by atoms with E-state index in [1.807, 2.05) is 0 Å². The quantitative estimate of drug-likeness (QED) is 0.238. The van der Waals surface area contributed by atoms with E-state index in [1.165, 1.54) is 6.92 Å². The van der Waals surface area contributed by atoms with Crippen molar-refractivity contribution >= 4 is 0 Å². The molecule has 3 heterocycles. The number of fused-ring (bicyclic) bond motifs is 1. The fourth-order valence-electron chi connectivity index (χ4n) is 4.01. The minimum Gasteiger partial charge on any atom is -0.462 e. The Labute approximate surface area is 195 Å². The number of hydrogen-bond acceptors (Lipinski definition) is 12. The van der Waals surface area contributed by atoms with Crippen LogP contribution in [0.15, 0.2) is 24.8 Å². The number of aliphatic hydroxyl groups is 6. The minimum atomic E-state index is -1.63. The van der Waals surface area contributed by atoms with Gasteiger partial charge < -0.3 is 59.1 Å². The van der Waals surface area contributed by atoms with Crippen LogP contribution in [-0.2, 0) is 20.6 Å². The molecule has 1 aromatic carbocycles. The highest BCUT2D eigenvalue weighted by molar-refractivity contribution is 5.52.